The summed E-state index contributed by atoms with van der Waals surface area (Å²) in [5, 5.41) is 11.8. The zero-order chi connectivity index (χ0) is 19.5. The van der Waals surface area contributed by atoms with Crippen LogP contribution in [0.4, 0.5) is 4.79 Å². The number of aromatic nitrogens is 1. The molecule has 6 heteroatoms. The number of rotatable bonds is 5. The molecule has 1 unspecified atom stereocenters. The third kappa shape index (κ3) is 3.32. The van der Waals surface area contributed by atoms with Gasteiger partial charge in [-0.15, -0.1) is 0 Å². The van der Waals surface area contributed by atoms with E-state index in [1.165, 1.54) is 12.4 Å². The minimum Gasteiger partial charge on any atom is -0.479 e. The van der Waals surface area contributed by atoms with E-state index in [1.54, 1.807) is 12.1 Å². The summed E-state index contributed by atoms with van der Waals surface area (Å²) in [6, 6.07) is 17.9. The Kier molecular flexibility index (Phi) is 4.76. The van der Waals surface area contributed by atoms with E-state index in [1.807, 2.05) is 36.4 Å². The van der Waals surface area contributed by atoms with E-state index in [-0.39, 0.29) is 12.5 Å². The monoisotopic (exact) mass is 374 g/mol. The highest BCUT2D eigenvalue weighted by Crippen LogP contribution is 2.44. The van der Waals surface area contributed by atoms with Gasteiger partial charge in [0.2, 0.25) is 0 Å². The van der Waals surface area contributed by atoms with Gasteiger partial charge in [-0.25, -0.2) is 9.59 Å². The van der Waals surface area contributed by atoms with Gasteiger partial charge in [-0.05, 0) is 39.9 Å². The highest BCUT2D eigenvalue weighted by atomic mass is 16.5. The second-order valence-electron chi connectivity index (χ2n) is 6.52. The third-order valence-corrected chi connectivity index (χ3v) is 4.89. The molecule has 1 aliphatic carbocycles. The van der Waals surface area contributed by atoms with Crippen LogP contribution in [0.3, 0.4) is 0 Å². The summed E-state index contributed by atoms with van der Waals surface area (Å²) in [4.78, 5) is 27.7. The van der Waals surface area contributed by atoms with Crippen LogP contribution in [-0.4, -0.2) is 28.8 Å². The van der Waals surface area contributed by atoms with E-state index in [0.717, 1.165) is 22.3 Å². The Morgan fingerprint density at radius 1 is 0.964 bits per heavy atom. The second kappa shape index (κ2) is 7.52. The molecule has 0 saturated heterocycles. The predicted octanol–water partition coefficient (Wildman–Crippen LogP) is 3.75. The van der Waals surface area contributed by atoms with Crippen LogP contribution in [0.1, 0.15) is 28.7 Å². The number of alkyl carbamates (subject to hydrolysis) is 1. The Balaban J connectivity index is 1.49. The van der Waals surface area contributed by atoms with Crippen LogP contribution in [0, 0.1) is 0 Å². The average Bonchev–Trinajstić information content (AvgIpc) is 3.05. The maximum atomic E-state index is 12.3. The minimum atomic E-state index is -1.20. The maximum absolute atomic E-state index is 12.3. The lowest BCUT2D eigenvalue weighted by atomic mass is 9.98. The molecule has 0 fully saturated rings. The van der Waals surface area contributed by atoms with Crippen molar-refractivity contribution in [2.45, 2.75) is 12.0 Å². The summed E-state index contributed by atoms with van der Waals surface area (Å²) in [7, 11) is 0. The van der Waals surface area contributed by atoms with Crippen molar-refractivity contribution in [3.8, 4) is 11.1 Å². The molecule has 2 aromatic carbocycles. The number of amides is 1. The molecule has 1 heterocycles. The molecule has 0 saturated carbocycles. The van der Waals surface area contributed by atoms with E-state index >= 15 is 0 Å². The quantitative estimate of drug-likeness (QED) is 0.710. The summed E-state index contributed by atoms with van der Waals surface area (Å²) in [6.07, 6.45) is 2.18. The van der Waals surface area contributed by atoms with Gasteiger partial charge in [-0.3, -0.25) is 4.98 Å². The van der Waals surface area contributed by atoms with Crippen LogP contribution < -0.4 is 5.32 Å². The number of aliphatic carboxylic acids is 1. The Bertz CT molecular complexity index is 974. The van der Waals surface area contributed by atoms with Crippen LogP contribution in [-0.2, 0) is 9.53 Å². The lowest BCUT2D eigenvalue weighted by Gasteiger charge is -2.17. The van der Waals surface area contributed by atoms with Crippen molar-refractivity contribution in [3.63, 3.8) is 0 Å². The molecule has 1 amide bonds. The number of hydrogen-bond donors (Lipinski definition) is 2. The van der Waals surface area contributed by atoms with Crippen molar-refractivity contribution >= 4 is 12.1 Å². The van der Waals surface area contributed by atoms with Crippen molar-refractivity contribution in [1.29, 1.82) is 0 Å². The predicted molar refractivity (Wildman–Crippen MR) is 103 cm³/mol. The fourth-order valence-electron chi connectivity index (χ4n) is 3.60. The molecule has 1 aromatic heterocycles. The van der Waals surface area contributed by atoms with E-state index in [9.17, 15) is 14.7 Å². The SMILES string of the molecule is O=C(NC(C(=O)O)c1ccncc1)OCC1c2ccccc2-c2ccccc21. The van der Waals surface area contributed by atoms with Crippen LogP contribution in [0.25, 0.3) is 11.1 Å². The van der Waals surface area contributed by atoms with E-state index in [4.69, 9.17) is 4.74 Å². The molecule has 140 valence electrons. The van der Waals surface area contributed by atoms with Crippen molar-refractivity contribution < 1.29 is 19.4 Å². The lowest BCUT2D eigenvalue weighted by molar-refractivity contribution is -0.139. The minimum absolute atomic E-state index is 0.0812. The van der Waals surface area contributed by atoms with E-state index in [2.05, 4.69) is 22.4 Å². The Labute approximate surface area is 161 Å². The zero-order valence-electron chi connectivity index (χ0n) is 14.9. The molecule has 0 bridgehead atoms. The van der Waals surface area contributed by atoms with Gasteiger partial charge in [-0.2, -0.15) is 0 Å². The number of carboxylic acids is 1. The first-order chi connectivity index (χ1) is 13.6. The van der Waals surface area contributed by atoms with Gasteiger partial charge >= 0.3 is 12.1 Å². The number of carbonyl (C=O) groups excluding carboxylic acids is 1. The van der Waals surface area contributed by atoms with Crippen LogP contribution in [0.5, 0.6) is 0 Å². The standard InChI is InChI=1S/C22H18N2O4/c25-21(26)20(14-9-11-23-12-10-14)24-22(27)28-13-19-17-7-3-1-5-15(17)16-6-2-4-8-18(16)19/h1-12,19-20H,13H2,(H,24,27)(H,25,26). The Morgan fingerprint density at radius 2 is 1.54 bits per heavy atom. The number of ether oxygens (including phenoxy) is 1. The number of fused-ring (bicyclic) bond motifs is 3. The fourth-order valence-corrected chi connectivity index (χ4v) is 3.60. The summed E-state index contributed by atoms with van der Waals surface area (Å²) in [6.45, 7) is 0.128. The van der Waals surface area contributed by atoms with Gasteiger partial charge in [0.1, 0.15) is 6.61 Å². The molecular formula is C22H18N2O4. The molecule has 0 radical (unpaired) electrons. The molecule has 0 spiro atoms. The van der Waals surface area contributed by atoms with Crippen LogP contribution >= 0.6 is 0 Å². The molecule has 3 aromatic rings. The first-order valence-corrected chi connectivity index (χ1v) is 8.89. The zero-order valence-corrected chi connectivity index (χ0v) is 14.9. The van der Waals surface area contributed by atoms with Crippen LogP contribution in [0.15, 0.2) is 73.1 Å². The molecule has 28 heavy (non-hydrogen) atoms. The Hall–Kier alpha value is -3.67. The first kappa shape index (κ1) is 17.7. The number of benzene rings is 2. The first-order valence-electron chi connectivity index (χ1n) is 8.89. The summed E-state index contributed by atoms with van der Waals surface area (Å²) in [5.74, 6) is -1.25. The van der Waals surface area contributed by atoms with Crippen molar-refractivity contribution in [2.24, 2.45) is 0 Å². The summed E-state index contributed by atoms with van der Waals surface area (Å²) >= 11 is 0. The van der Waals surface area contributed by atoms with E-state index in [0.29, 0.717) is 5.56 Å². The van der Waals surface area contributed by atoms with Crippen molar-refractivity contribution in [3.05, 3.63) is 89.7 Å². The van der Waals surface area contributed by atoms with Gasteiger partial charge < -0.3 is 15.2 Å². The molecule has 2 N–H and O–H groups in total. The number of nitrogens with one attached hydrogen (secondary N) is 1. The average molecular weight is 374 g/mol. The lowest BCUT2D eigenvalue weighted by Crippen LogP contribution is -2.34. The number of carbonyl (C=O) groups is 2. The highest BCUT2D eigenvalue weighted by molar-refractivity contribution is 5.82. The van der Waals surface area contributed by atoms with Gasteiger partial charge in [0, 0.05) is 18.3 Å². The van der Waals surface area contributed by atoms with Gasteiger partial charge in [0.05, 0.1) is 0 Å². The normalized spacial score (nSPS) is 13.3. The molecule has 1 aliphatic rings. The smallest absolute Gasteiger partial charge is 0.408 e. The number of hydrogen-bond acceptors (Lipinski definition) is 4. The van der Waals surface area contributed by atoms with Crippen LogP contribution in [0.2, 0.25) is 0 Å². The maximum Gasteiger partial charge on any atom is 0.408 e. The topological polar surface area (TPSA) is 88.5 Å². The fraction of sp³-hybridized carbons (Fsp3) is 0.136. The van der Waals surface area contributed by atoms with Crippen molar-refractivity contribution in [2.75, 3.05) is 6.61 Å². The molecule has 1 atom stereocenters. The van der Waals surface area contributed by atoms with Crippen molar-refractivity contribution in [1.82, 2.24) is 10.3 Å². The number of carboxylic acid groups (broad SMARTS) is 1. The largest absolute Gasteiger partial charge is 0.479 e. The summed E-state index contributed by atoms with van der Waals surface area (Å²) in [5.41, 5.74) is 4.89. The molecule has 4 rings (SSSR count). The molecule has 6 nitrogen and oxygen atoms in total. The summed E-state index contributed by atoms with van der Waals surface area (Å²) < 4.78 is 5.41. The second-order valence-corrected chi connectivity index (χ2v) is 6.52. The Morgan fingerprint density at radius 3 is 2.11 bits per heavy atom. The number of nitrogens with zero attached hydrogens (tertiary/aromatic N) is 1. The van der Waals surface area contributed by atoms with Gasteiger partial charge in [0.15, 0.2) is 6.04 Å². The molecule has 0 aliphatic heterocycles. The number of pyridine rings is 1. The molecular weight excluding hydrogens is 356 g/mol. The van der Waals surface area contributed by atoms with E-state index < -0.39 is 18.1 Å². The van der Waals surface area contributed by atoms with Gasteiger partial charge in [-0.1, -0.05) is 48.5 Å². The third-order valence-electron chi connectivity index (χ3n) is 4.89. The van der Waals surface area contributed by atoms with Gasteiger partial charge in [0.25, 0.3) is 0 Å². The highest BCUT2D eigenvalue weighted by Gasteiger charge is 2.30.